The Morgan fingerprint density at radius 3 is 2.32 bits per heavy atom. The molecule has 0 saturated carbocycles. The molecule has 0 aliphatic carbocycles. The van der Waals surface area contributed by atoms with Crippen molar-refractivity contribution in [3.63, 3.8) is 0 Å². The first-order valence-electron chi connectivity index (χ1n) is 9.43. The average Bonchev–Trinajstić information content (AvgIpc) is 2.73. The number of phenolic OH excluding ortho intramolecular Hbond substituents is 1. The van der Waals surface area contributed by atoms with Crippen LogP contribution in [0.25, 0.3) is 10.8 Å². The van der Waals surface area contributed by atoms with Gasteiger partial charge in [-0.3, -0.25) is 4.98 Å². The van der Waals surface area contributed by atoms with Crippen LogP contribution in [0.5, 0.6) is 28.7 Å². The van der Waals surface area contributed by atoms with Crippen molar-refractivity contribution in [3.05, 3.63) is 47.8 Å². The number of nitrogens with zero attached hydrogens (tertiary/aromatic N) is 1. The number of halogens is 3. The summed E-state index contributed by atoms with van der Waals surface area (Å²) in [5.74, 6) is 0.569. The van der Waals surface area contributed by atoms with Gasteiger partial charge in [0, 0.05) is 17.8 Å². The molecule has 9 heteroatoms. The number of aromatic nitrogens is 1. The number of hydrogen-bond acceptors (Lipinski definition) is 6. The van der Waals surface area contributed by atoms with Gasteiger partial charge in [0.25, 0.3) is 0 Å². The van der Waals surface area contributed by atoms with E-state index in [0.29, 0.717) is 29.7 Å². The minimum absolute atomic E-state index is 0.0183. The summed E-state index contributed by atoms with van der Waals surface area (Å²) >= 11 is 0. The zero-order valence-corrected chi connectivity index (χ0v) is 17.2. The van der Waals surface area contributed by atoms with Gasteiger partial charge in [-0.05, 0) is 48.1 Å². The smallest absolute Gasteiger partial charge is 0.422 e. The molecule has 0 saturated heterocycles. The summed E-state index contributed by atoms with van der Waals surface area (Å²) in [6.45, 7) is 0.756. The van der Waals surface area contributed by atoms with E-state index in [1.807, 2.05) is 6.92 Å². The highest BCUT2D eigenvalue weighted by Crippen LogP contribution is 2.41. The first-order valence-corrected chi connectivity index (χ1v) is 9.43. The molecule has 166 valence electrons. The van der Waals surface area contributed by atoms with Crippen LogP contribution in [0.2, 0.25) is 0 Å². The highest BCUT2D eigenvalue weighted by molar-refractivity contribution is 5.92. The van der Waals surface area contributed by atoms with Gasteiger partial charge >= 0.3 is 6.18 Å². The Balaban J connectivity index is 2.02. The maximum absolute atomic E-state index is 12.7. The van der Waals surface area contributed by atoms with Gasteiger partial charge in [0.05, 0.1) is 20.8 Å². The molecule has 1 aromatic heterocycles. The zero-order valence-electron chi connectivity index (χ0n) is 17.2. The molecule has 0 aliphatic rings. The van der Waals surface area contributed by atoms with Crippen LogP contribution in [0.3, 0.4) is 0 Å². The van der Waals surface area contributed by atoms with Gasteiger partial charge in [-0.15, -0.1) is 0 Å². The topological polar surface area (TPSA) is 70.0 Å². The first-order chi connectivity index (χ1) is 14.8. The molecular formula is C22H22F3NO5. The van der Waals surface area contributed by atoms with E-state index in [-0.39, 0.29) is 23.0 Å². The van der Waals surface area contributed by atoms with E-state index in [1.54, 1.807) is 24.4 Å². The van der Waals surface area contributed by atoms with Gasteiger partial charge in [0.1, 0.15) is 0 Å². The monoisotopic (exact) mass is 437 g/mol. The Morgan fingerprint density at radius 2 is 1.68 bits per heavy atom. The number of rotatable bonds is 8. The van der Waals surface area contributed by atoms with E-state index in [2.05, 4.69) is 4.98 Å². The van der Waals surface area contributed by atoms with Crippen molar-refractivity contribution in [2.24, 2.45) is 0 Å². The Morgan fingerprint density at radius 1 is 0.935 bits per heavy atom. The molecule has 1 N–H and O–H groups in total. The minimum Gasteiger partial charge on any atom is -0.504 e. The van der Waals surface area contributed by atoms with Crippen LogP contribution >= 0.6 is 0 Å². The fourth-order valence-electron chi connectivity index (χ4n) is 3.26. The van der Waals surface area contributed by atoms with Crippen LogP contribution in [-0.4, -0.2) is 43.7 Å². The average molecular weight is 437 g/mol. The largest absolute Gasteiger partial charge is 0.504 e. The van der Waals surface area contributed by atoms with Gasteiger partial charge in [-0.1, -0.05) is 6.07 Å². The van der Waals surface area contributed by atoms with Crippen LogP contribution < -0.4 is 18.9 Å². The third-order valence-electron chi connectivity index (χ3n) is 4.55. The number of fused-ring (bicyclic) bond motifs is 1. The summed E-state index contributed by atoms with van der Waals surface area (Å²) < 4.78 is 58.8. The number of methoxy groups -OCH3 is 2. The van der Waals surface area contributed by atoms with Crippen molar-refractivity contribution in [2.45, 2.75) is 19.5 Å². The highest BCUT2D eigenvalue weighted by Gasteiger charge is 2.29. The van der Waals surface area contributed by atoms with Crippen molar-refractivity contribution in [2.75, 3.05) is 27.4 Å². The summed E-state index contributed by atoms with van der Waals surface area (Å²) in [5.41, 5.74) is 1.38. The number of phenols is 1. The number of alkyl halides is 3. The second kappa shape index (κ2) is 9.20. The highest BCUT2D eigenvalue weighted by atomic mass is 19.4. The van der Waals surface area contributed by atoms with Crippen molar-refractivity contribution >= 4 is 10.8 Å². The number of benzene rings is 2. The predicted molar refractivity (Wildman–Crippen MR) is 108 cm³/mol. The maximum Gasteiger partial charge on any atom is 0.422 e. The summed E-state index contributed by atoms with van der Waals surface area (Å²) in [7, 11) is 2.72. The molecular weight excluding hydrogens is 415 g/mol. The third kappa shape index (κ3) is 5.04. The number of hydrogen-bond donors (Lipinski definition) is 1. The fraction of sp³-hybridized carbons (Fsp3) is 0.318. The van der Waals surface area contributed by atoms with Gasteiger partial charge < -0.3 is 24.1 Å². The minimum atomic E-state index is -4.50. The maximum atomic E-state index is 12.7. The normalized spacial score (nSPS) is 11.4. The van der Waals surface area contributed by atoms with Gasteiger partial charge in [-0.25, -0.2) is 0 Å². The molecule has 0 fully saturated rings. The molecule has 31 heavy (non-hydrogen) atoms. The summed E-state index contributed by atoms with van der Waals surface area (Å²) in [6.07, 6.45) is -1.03. The predicted octanol–water partition coefficient (Wildman–Crippen LogP) is 4.89. The SMILES string of the molecule is CCOc1ccc2c(Cc3cc(OC)c(OC)c(OCC(F)(F)F)c3)cncc2c1O. The molecule has 0 unspecified atom stereocenters. The van der Waals surface area contributed by atoms with Crippen molar-refractivity contribution in [3.8, 4) is 28.7 Å². The fourth-order valence-corrected chi connectivity index (χ4v) is 3.26. The number of aromatic hydroxyl groups is 1. The van der Waals surface area contributed by atoms with E-state index >= 15 is 0 Å². The van der Waals surface area contributed by atoms with Crippen molar-refractivity contribution in [1.29, 1.82) is 0 Å². The van der Waals surface area contributed by atoms with Crippen LogP contribution in [0.4, 0.5) is 13.2 Å². The van der Waals surface area contributed by atoms with Crippen molar-refractivity contribution in [1.82, 2.24) is 4.98 Å². The Labute approximate surface area is 177 Å². The van der Waals surface area contributed by atoms with Crippen LogP contribution in [0.15, 0.2) is 36.7 Å². The lowest BCUT2D eigenvalue weighted by molar-refractivity contribution is -0.153. The Hall–Kier alpha value is -3.36. The third-order valence-corrected chi connectivity index (χ3v) is 4.55. The van der Waals surface area contributed by atoms with E-state index in [1.165, 1.54) is 26.5 Å². The first kappa shape index (κ1) is 22.3. The molecule has 3 rings (SSSR count). The second-order valence-electron chi connectivity index (χ2n) is 6.65. The second-order valence-corrected chi connectivity index (χ2v) is 6.65. The zero-order chi connectivity index (χ0) is 22.6. The molecule has 0 atom stereocenters. The lowest BCUT2D eigenvalue weighted by Gasteiger charge is -2.17. The molecule has 0 spiro atoms. The van der Waals surface area contributed by atoms with E-state index in [9.17, 15) is 18.3 Å². The van der Waals surface area contributed by atoms with Gasteiger partial charge in [-0.2, -0.15) is 13.2 Å². The lowest BCUT2D eigenvalue weighted by Crippen LogP contribution is -2.19. The number of ether oxygens (including phenoxy) is 4. The van der Waals surface area contributed by atoms with E-state index in [0.717, 1.165) is 10.9 Å². The quantitative estimate of drug-likeness (QED) is 0.541. The standard InChI is InChI=1S/C22H22F3NO5/c1-4-30-17-6-5-15-14(10-26-11-16(15)20(17)27)7-13-8-18(28-2)21(29-3)19(9-13)31-12-22(23,24)25/h5-6,8-11,27H,4,7,12H2,1-3H3. The Bertz CT molecular complexity index is 1070. The summed E-state index contributed by atoms with van der Waals surface area (Å²) in [6, 6.07) is 6.60. The van der Waals surface area contributed by atoms with E-state index < -0.39 is 12.8 Å². The summed E-state index contributed by atoms with van der Waals surface area (Å²) in [4.78, 5) is 4.19. The molecule has 0 radical (unpaired) electrons. The molecule has 6 nitrogen and oxygen atoms in total. The molecule has 0 bridgehead atoms. The summed E-state index contributed by atoms with van der Waals surface area (Å²) in [5, 5.41) is 11.7. The Kier molecular flexibility index (Phi) is 6.62. The van der Waals surface area contributed by atoms with Crippen LogP contribution in [0, 0.1) is 0 Å². The molecule has 0 aliphatic heterocycles. The molecule has 3 aromatic rings. The number of pyridine rings is 1. The molecule has 0 amide bonds. The van der Waals surface area contributed by atoms with Gasteiger partial charge in [0.15, 0.2) is 29.6 Å². The van der Waals surface area contributed by atoms with E-state index in [4.69, 9.17) is 18.9 Å². The lowest BCUT2D eigenvalue weighted by atomic mass is 9.99. The van der Waals surface area contributed by atoms with Crippen molar-refractivity contribution < 1.29 is 37.2 Å². The van der Waals surface area contributed by atoms with Crippen LogP contribution in [-0.2, 0) is 6.42 Å². The molecule has 2 aromatic carbocycles. The van der Waals surface area contributed by atoms with Gasteiger partial charge in [0.2, 0.25) is 5.75 Å². The van der Waals surface area contributed by atoms with Crippen LogP contribution in [0.1, 0.15) is 18.1 Å². The molecule has 1 heterocycles.